The van der Waals surface area contributed by atoms with Gasteiger partial charge in [-0.3, -0.25) is 4.79 Å². The molecule has 0 aliphatic rings. The fraction of sp³-hybridized carbons (Fsp3) is 0.714. The zero-order valence-electron chi connectivity index (χ0n) is 7.33. The molecule has 0 bridgehead atoms. The van der Waals surface area contributed by atoms with Gasteiger partial charge in [0.15, 0.2) is 0 Å². The van der Waals surface area contributed by atoms with E-state index in [1.807, 2.05) is 6.26 Å². The molecule has 0 aliphatic carbocycles. The van der Waals surface area contributed by atoms with E-state index in [1.165, 1.54) is 11.8 Å². The molecule has 1 amide bonds. The van der Waals surface area contributed by atoms with Gasteiger partial charge in [-0.05, 0) is 20.1 Å². The van der Waals surface area contributed by atoms with Crippen LogP contribution in [0.2, 0.25) is 0 Å². The van der Waals surface area contributed by atoms with E-state index in [-0.39, 0.29) is 0 Å². The highest BCUT2D eigenvalue weighted by atomic mass is 32.2. The van der Waals surface area contributed by atoms with Crippen LogP contribution in [0.15, 0.2) is 0 Å². The molecule has 0 heterocycles. The van der Waals surface area contributed by atoms with Crippen molar-refractivity contribution in [2.24, 2.45) is 0 Å². The van der Waals surface area contributed by atoms with Crippen molar-refractivity contribution in [1.82, 2.24) is 5.32 Å². The van der Waals surface area contributed by atoms with Crippen molar-refractivity contribution in [2.75, 3.05) is 6.26 Å². The highest BCUT2D eigenvalue weighted by Crippen LogP contribution is 2.25. The van der Waals surface area contributed by atoms with E-state index in [0.717, 1.165) is 0 Å². The zero-order valence-corrected chi connectivity index (χ0v) is 8.14. The molecular weight excluding hydrogens is 178 g/mol. The Morgan fingerprint density at radius 2 is 2.17 bits per heavy atom. The number of thioether (sulfide) groups is 1. The number of hydrogen-bond donors (Lipinski definition) is 2. The first kappa shape index (κ1) is 11.3. The van der Waals surface area contributed by atoms with Crippen molar-refractivity contribution < 1.29 is 14.7 Å². The number of carbonyl (C=O) groups excluding carboxylic acids is 1. The topological polar surface area (TPSA) is 66.4 Å². The van der Waals surface area contributed by atoms with Gasteiger partial charge in [-0.1, -0.05) is 0 Å². The lowest BCUT2D eigenvalue weighted by atomic mass is 10.0. The van der Waals surface area contributed by atoms with Crippen LogP contribution in [-0.4, -0.2) is 34.5 Å². The molecule has 0 saturated carbocycles. The molecule has 0 spiro atoms. The van der Waals surface area contributed by atoms with Crippen molar-refractivity contribution in [3.05, 3.63) is 0 Å². The fourth-order valence-electron chi connectivity index (χ4n) is 0.755. The van der Waals surface area contributed by atoms with Crippen molar-refractivity contribution in [3.63, 3.8) is 0 Å². The van der Waals surface area contributed by atoms with E-state index in [9.17, 15) is 9.59 Å². The van der Waals surface area contributed by atoms with Crippen LogP contribution < -0.4 is 5.32 Å². The Morgan fingerprint density at radius 1 is 1.67 bits per heavy atom. The van der Waals surface area contributed by atoms with Crippen molar-refractivity contribution in [1.29, 1.82) is 0 Å². The van der Waals surface area contributed by atoms with Gasteiger partial charge in [0.1, 0.15) is 6.04 Å². The number of nitrogens with one attached hydrogen (secondary N) is 1. The van der Waals surface area contributed by atoms with E-state index in [4.69, 9.17) is 5.11 Å². The second kappa shape index (κ2) is 4.35. The monoisotopic (exact) mass is 191 g/mol. The maximum Gasteiger partial charge on any atom is 0.327 e. The Hall–Kier alpha value is -0.710. The molecule has 0 aromatic carbocycles. The SMILES string of the molecule is CSC(C)(C)C(NC=O)C(=O)O. The summed E-state index contributed by atoms with van der Waals surface area (Å²) in [6, 6.07) is -0.843. The summed E-state index contributed by atoms with van der Waals surface area (Å²) in [6.07, 6.45) is 2.22. The predicted octanol–water partition coefficient (Wildman–Crippen LogP) is 0.327. The van der Waals surface area contributed by atoms with E-state index in [1.54, 1.807) is 13.8 Å². The van der Waals surface area contributed by atoms with Gasteiger partial charge in [0.05, 0.1) is 0 Å². The summed E-state index contributed by atoms with van der Waals surface area (Å²) in [5, 5.41) is 11.0. The lowest BCUT2D eigenvalue weighted by Gasteiger charge is -2.28. The number of carbonyl (C=O) groups is 2. The van der Waals surface area contributed by atoms with Crippen LogP contribution in [0.5, 0.6) is 0 Å². The Bertz CT molecular complexity index is 181. The summed E-state index contributed by atoms with van der Waals surface area (Å²) in [5.41, 5.74) is 0. The minimum Gasteiger partial charge on any atom is -0.480 e. The molecule has 0 aromatic heterocycles. The van der Waals surface area contributed by atoms with Gasteiger partial charge in [0.25, 0.3) is 0 Å². The van der Waals surface area contributed by atoms with E-state index in [0.29, 0.717) is 6.41 Å². The second-order valence-electron chi connectivity index (χ2n) is 2.86. The Balaban J connectivity index is 4.48. The number of carboxylic acid groups (broad SMARTS) is 1. The molecule has 0 rings (SSSR count). The van der Waals surface area contributed by atoms with Crippen molar-refractivity contribution in [3.8, 4) is 0 Å². The summed E-state index contributed by atoms with van der Waals surface area (Å²) in [4.78, 5) is 20.8. The lowest BCUT2D eigenvalue weighted by Crippen LogP contribution is -2.49. The van der Waals surface area contributed by atoms with Crippen LogP contribution in [0.1, 0.15) is 13.8 Å². The molecule has 1 atom stereocenters. The first-order valence-electron chi connectivity index (χ1n) is 3.43. The van der Waals surface area contributed by atoms with E-state index < -0.39 is 16.8 Å². The smallest absolute Gasteiger partial charge is 0.327 e. The third-order valence-corrected chi connectivity index (χ3v) is 2.99. The van der Waals surface area contributed by atoms with Gasteiger partial charge < -0.3 is 10.4 Å². The molecule has 0 saturated heterocycles. The second-order valence-corrected chi connectivity index (χ2v) is 4.32. The highest BCUT2D eigenvalue weighted by Gasteiger charge is 2.34. The van der Waals surface area contributed by atoms with Crippen LogP contribution in [-0.2, 0) is 9.59 Å². The molecule has 0 radical (unpaired) electrons. The standard InChI is InChI=1S/C7H13NO3S/c1-7(2,12-3)5(6(10)11)8-4-9/h4-5H,1-3H3,(H,8,9)(H,10,11). The molecule has 70 valence electrons. The minimum atomic E-state index is -1.01. The zero-order chi connectivity index (χ0) is 9.78. The average molecular weight is 191 g/mol. The molecule has 5 heteroatoms. The fourth-order valence-corrected chi connectivity index (χ4v) is 1.16. The summed E-state index contributed by atoms with van der Waals surface area (Å²) in [7, 11) is 0. The molecule has 12 heavy (non-hydrogen) atoms. The quantitative estimate of drug-likeness (QED) is 0.614. The number of amides is 1. The van der Waals surface area contributed by atoms with Gasteiger partial charge in [-0.2, -0.15) is 11.8 Å². The predicted molar refractivity (Wildman–Crippen MR) is 48.2 cm³/mol. The van der Waals surface area contributed by atoms with Gasteiger partial charge in [0, 0.05) is 4.75 Å². The number of rotatable bonds is 5. The number of carboxylic acids is 1. The molecule has 2 N–H and O–H groups in total. The molecule has 1 unspecified atom stereocenters. The Morgan fingerprint density at radius 3 is 2.42 bits per heavy atom. The highest BCUT2D eigenvalue weighted by molar-refractivity contribution is 8.00. The van der Waals surface area contributed by atoms with Gasteiger partial charge >= 0.3 is 5.97 Å². The normalized spacial score (nSPS) is 13.6. The average Bonchev–Trinajstić information content (AvgIpc) is 1.99. The van der Waals surface area contributed by atoms with Crippen LogP contribution in [0.4, 0.5) is 0 Å². The summed E-state index contributed by atoms with van der Waals surface area (Å²) in [5.74, 6) is -1.01. The van der Waals surface area contributed by atoms with Gasteiger partial charge in [0.2, 0.25) is 6.41 Å². The Labute approximate surface area is 75.7 Å². The first-order valence-corrected chi connectivity index (χ1v) is 4.66. The van der Waals surface area contributed by atoms with Gasteiger partial charge in [-0.25, -0.2) is 4.79 Å². The van der Waals surface area contributed by atoms with E-state index >= 15 is 0 Å². The maximum atomic E-state index is 10.7. The van der Waals surface area contributed by atoms with E-state index in [2.05, 4.69) is 5.32 Å². The molecule has 0 aromatic rings. The van der Waals surface area contributed by atoms with Crippen LogP contribution in [0, 0.1) is 0 Å². The summed E-state index contributed by atoms with van der Waals surface area (Å²) < 4.78 is -0.493. The van der Waals surface area contributed by atoms with Crippen molar-refractivity contribution >= 4 is 24.1 Å². The Kier molecular flexibility index (Phi) is 4.09. The van der Waals surface area contributed by atoms with Crippen LogP contribution in [0.25, 0.3) is 0 Å². The van der Waals surface area contributed by atoms with Crippen LogP contribution in [0.3, 0.4) is 0 Å². The summed E-state index contributed by atoms with van der Waals surface area (Å²) >= 11 is 1.40. The summed E-state index contributed by atoms with van der Waals surface area (Å²) in [6.45, 7) is 3.54. The number of hydrogen-bond acceptors (Lipinski definition) is 3. The maximum absolute atomic E-state index is 10.7. The van der Waals surface area contributed by atoms with Gasteiger partial charge in [-0.15, -0.1) is 0 Å². The first-order chi connectivity index (χ1) is 5.45. The third-order valence-electron chi connectivity index (χ3n) is 1.70. The van der Waals surface area contributed by atoms with Crippen LogP contribution >= 0.6 is 11.8 Å². The molecular formula is C7H13NO3S. The molecule has 0 fully saturated rings. The molecule has 4 nitrogen and oxygen atoms in total. The number of aliphatic carboxylic acids is 1. The third kappa shape index (κ3) is 2.73. The minimum absolute atomic E-state index is 0.413. The van der Waals surface area contributed by atoms with Crippen molar-refractivity contribution in [2.45, 2.75) is 24.6 Å². The molecule has 0 aliphatic heterocycles. The lowest BCUT2D eigenvalue weighted by molar-refractivity contribution is -0.141. The largest absolute Gasteiger partial charge is 0.480 e.